The zero-order valence-electron chi connectivity index (χ0n) is 6.34. The van der Waals surface area contributed by atoms with Crippen molar-refractivity contribution in [1.82, 2.24) is 9.97 Å². The summed E-state index contributed by atoms with van der Waals surface area (Å²) < 4.78 is 13.2. The minimum absolute atomic E-state index is 0.278. The summed E-state index contributed by atoms with van der Waals surface area (Å²) in [6.45, 7) is 0. The van der Waals surface area contributed by atoms with Crippen molar-refractivity contribution < 1.29 is 4.39 Å². The third-order valence-corrected chi connectivity index (χ3v) is 2.15. The van der Waals surface area contributed by atoms with Crippen molar-refractivity contribution in [2.24, 2.45) is 0 Å². The summed E-state index contributed by atoms with van der Waals surface area (Å²) in [6.07, 6.45) is 0. The molecule has 5 heteroatoms. The lowest BCUT2D eigenvalue weighted by molar-refractivity contribution is 0.629. The Hall–Kier alpha value is -0.980. The predicted octanol–water partition coefficient (Wildman–Crippen LogP) is 1.67. The molecule has 1 N–H and O–H groups in total. The average molecular weight is 290 g/mol. The van der Waals surface area contributed by atoms with Crippen LogP contribution in [0.15, 0.2) is 23.0 Å². The largest absolute Gasteiger partial charge is 0.301 e. The van der Waals surface area contributed by atoms with Gasteiger partial charge in [0.25, 0.3) is 5.56 Å². The standard InChI is InChI=1S/C8H4FIN2O/c9-4-1-2-6-5(3-4)7(13)12-8(10)11-6/h1-3H,(H,11,12,13). The van der Waals surface area contributed by atoms with Crippen LogP contribution in [0.25, 0.3) is 10.9 Å². The number of nitrogens with zero attached hydrogens (tertiary/aromatic N) is 1. The van der Waals surface area contributed by atoms with Gasteiger partial charge in [0.2, 0.25) is 0 Å². The molecule has 66 valence electrons. The predicted molar refractivity (Wildman–Crippen MR) is 55.0 cm³/mol. The van der Waals surface area contributed by atoms with E-state index in [1.165, 1.54) is 18.2 Å². The van der Waals surface area contributed by atoms with E-state index in [1.807, 2.05) is 22.6 Å². The van der Waals surface area contributed by atoms with Crippen molar-refractivity contribution in [1.29, 1.82) is 0 Å². The molecule has 3 nitrogen and oxygen atoms in total. The van der Waals surface area contributed by atoms with Crippen LogP contribution in [0.4, 0.5) is 4.39 Å². The molecule has 0 radical (unpaired) electrons. The number of aromatic amines is 1. The monoisotopic (exact) mass is 290 g/mol. The van der Waals surface area contributed by atoms with Crippen LogP contribution in [0.2, 0.25) is 0 Å². The molecule has 0 bridgehead atoms. The summed E-state index contributed by atoms with van der Waals surface area (Å²) in [5.41, 5.74) is 0.198. The van der Waals surface area contributed by atoms with E-state index in [0.717, 1.165) is 0 Å². The smallest absolute Gasteiger partial charge is 0.259 e. The molecule has 0 saturated heterocycles. The number of H-pyrrole nitrogens is 1. The molecule has 13 heavy (non-hydrogen) atoms. The Morgan fingerprint density at radius 3 is 3.00 bits per heavy atom. The summed E-state index contributed by atoms with van der Waals surface area (Å²) >= 11 is 1.90. The molecular weight excluding hydrogens is 286 g/mol. The Kier molecular flexibility index (Phi) is 2.03. The van der Waals surface area contributed by atoms with E-state index in [2.05, 4.69) is 9.97 Å². The van der Waals surface area contributed by atoms with Gasteiger partial charge in [-0.1, -0.05) is 0 Å². The second kappa shape index (κ2) is 3.06. The Labute approximate surface area is 86.1 Å². The highest BCUT2D eigenvalue weighted by Gasteiger charge is 2.02. The number of hydrogen-bond donors (Lipinski definition) is 1. The van der Waals surface area contributed by atoms with Gasteiger partial charge in [0.1, 0.15) is 5.82 Å². The molecule has 0 spiro atoms. The van der Waals surface area contributed by atoms with E-state index in [1.54, 1.807) is 0 Å². The van der Waals surface area contributed by atoms with Crippen LogP contribution in [-0.4, -0.2) is 9.97 Å². The van der Waals surface area contributed by atoms with Crippen LogP contribution in [0.1, 0.15) is 0 Å². The Bertz CT molecular complexity index is 523. The van der Waals surface area contributed by atoms with Gasteiger partial charge in [0.05, 0.1) is 10.9 Å². The molecule has 2 aromatic rings. The SMILES string of the molecule is O=c1[nH]c(I)nc2ccc(F)cc12. The van der Waals surface area contributed by atoms with Crippen molar-refractivity contribution in [3.63, 3.8) is 0 Å². The molecule has 1 aromatic heterocycles. The van der Waals surface area contributed by atoms with Crippen LogP contribution in [0, 0.1) is 9.65 Å². The number of hydrogen-bond acceptors (Lipinski definition) is 2. The first kappa shape index (κ1) is 8.61. The molecule has 0 saturated carbocycles. The Morgan fingerprint density at radius 2 is 2.23 bits per heavy atom. The summed E-state index contributed by atoms with van der Waals surface area (Å²) in [5.74, 6) is -0.430. The molecule has 0 aliphatic rings. The molecule has 0 fully saturated rings. The maximum Gasteiger partial charge on any atom is 0.259 e. The zero-order valence-corrected chi connectivity index (χ0v) is 8.50. The highest BCUT2D eigenvalue weighted by Crippen LogP contribution is 2.09. The Balaban J connectivity index is 2.95. The molecule has 0 amide bonds. The Morgan fingerprint density at radius 1 is 1.46 bits per heavy atom. The van der Waals surface area contributed by atoms with E-state index in [4.69, 9.17) is 0 Å². The van der Waals surface area contributed by atoms with Gasteiger partial charge < -0.3 is 4.98 Å². The molecule has 0 unspecified atom stereocenters. The number of fused-ring (bicyclic) bond motifs is 1. The minimum Gasteiger partial charge on any atom is -0.301 e. The van der Waals surface area contributed by atoms with Crippen LogP contribution < -0.4 is 5.56 Å². The lowest BCUT2D eigenvalue weighted by Crippen LogP contribution is -2.09. The van der Waals surface area contributed by atoms with Gasteiger partial charge in [0, 0.05) is 0 Å². The second-order valence-corrected chi connectivity index (χ2v) is 3.54. The fourth-order valence-electron chi connectivity index (χ4n) is 1.08. The van der Waals surface area contributed by atoms with Crippen LogP contribution in [0.3, 0.4) is 0 Å². The van der Waals surface area contributed by atoms with E-state index < -0.39 is 5.82 Å². The van der Waals surface area contributed by atoms with Crippen LogP contribution in [0.5, 0.6) is 0 Å². The third kappa shape index (κ3) is 1.55. The van der Waals surface area contributed by atoms with Crippen molar-refractivity contribution >= 4 is 33.5 Å². The fourth-order valence-corrected chi connectivity index (χ4v) is 1.59. The van der Waals surface area contributed by atoms with E-state index in [9.17, 15) is 9.18 Å². The number of benzene rings is 1. The maximum absolute atomic E-state index is 12.7. The number of halogens is 2. The third-order valence-electron chi connectivity index (χ3n) is 1.64. The fraction of sp³-hybridized carbons (Fsp3) is 0. The maximum atomic E-state index is 12.7. The second-order valence-electron chi connectivity index (χ2n) is 2.52. The molecule has 2 rings (SSSR count). The quantitative estimate of drug-likeness (QED) is 0.592. The molecule has 0 aliphatic carbocycles. The zero-order chi connectivity index (χ0) is 9.42. The van der Waals surface area contributed by atoms with Gasteiger partial charge in [-0.3, -0.25) is 4.79 Å². The first-order valence-electron chi connectivity index (χ1n) is 3.52. The van der Waals surface area contributed by atoms with E-state index in [-0.39, 0.29) is 10.9 Å². The van der Waals surface area contributed by atoms with Crippen LogP contribution >= 0.6 is 22.6 Å². The molecule has 1 aromatic carbocycles. The van der Waals surface area contributed by atoms with Gasteiger partial charge in [-0.05, 0) is 40.8 Å². The van der Waals surface area contributed by atoms with Gasteiger partial charge in [-0.25, -0.2) is 9.37 Å². The topological polar surface area (TPSA) is 45.8 Å². The minimum atomic E-state index is -0.430. The van der Waals surface area contributed by atoms with E-state index in [0.29, 0.717) is 9.35 Å². The number of aromatic nitrogens is 2. The summed E-state index contributed by atoms with van der Waals surface area (Å²) in [7, 11) is 0. The molecule has 0 atom stereocenters. The highest BCUT2D eigenvalue weighted by atomic mass is 127. The first-order chi connectivity index (χ1) is 6.16. The molecular formula is C8H4FIN2O. The number of nitrogens with one attached hydrogen (secondary N) is 1. The highest BCUT2D eigenvalue weighted by molar-refractivity contribution is 14.1. The normalized spacial score (nSPS) is 10.6. The van der Waals surface area contributed by atoms with E-state index >= 15 is 0 Å². The summed E-state index contributed by atoms with van der Waals surface area (Å²) in [5, 5.41) is 0.278. The molecule has 0 aliphatic heterocycles. The van der Waals surface area contributed by atoms with Gasteiger partial charge >= 0.3 is 0 Å². The van der Waals surface area contributed by atoms with Gasteiger partial charge in [-0.2, -0.15) is 0 Å². The first-order valence-corrected chi connectivity index (χ1v) is 4.60. The lowest BCUT2D eigenvalue weighted by atomic mass is 10.2. The summed E-state index contributed by atoms with van der Waals surface area (Å²) in [4.78, 5) is 17.8. The summed E-state index contributed by atoms with van der Waals surface area (Å²) in [6, 6.07) is 3.95. The molecule has 1 heterocycles. The van der Waals surface area contributed by atoms with Gasteiger partial charge in [0.15, 0.2) is 3.83 Å². The van der Waals surface area contributed by atoms with Crippen LogP contribution in [-0.2, 0) is 0 Å². The van der Waals surface area contributed by atoms with Gasteiger partial charge in [-0.15, -0.1) is 0 Å². The average Bonchev–Trinajstić information content (AvgIpc) is 2.06. The van der Waals surface area contributed by atoms with Crippen molar-refractivity contribution in [2.75, 3.05) is 0 Å². The number of rotatable bonds is 0. The van der Waals surface area contributed by atoms with Crippen molar-refractivity contribution in [3.8, 4) is 0 Å². The lowest BCUT2D eigenvalue weighted by Gasteiger charge is -1.96. The van der Waals surface area contributed by atoms with Crippen molar-refractivity contribution in [2.45, 2.75) is 0 Å². The van der Waals surface area contributed by atoms with Crippen molar-refractivity contribution in [3.05, 3.63) is 38.2 Å².